The van der Waals surface area contributed by atoms with Crippen LogP contribution in [0.4, 0.5) is 5.69 Å². The number of benzene rings is 1. The van der Waals surface area contributed by atoms with Crippen LogP contribution in [0, 0.1) is 10.1 Å². The molecule has 2 N–H and O–H groups in total. The molecule has 22 heavy (non-hydrogen) atoms. The number of nitrogens with zero attached hydrogens (tertiary/aromatic N) is 4. The number of amides is 1. The second-order valence-electron chi connectivity index (χ2n) is 4.41. The van der Waals surface area contributed by atoms with Gasteiger partial charge in [0.05, 0.1) is 4.92 Å². The van der Waals surface area contributed by atoms with Crippen LogP contribution in [0.15, 0.2) is 30.9 Å². The molecule has 1 aromatic heterocycles. The molecule has 2 rings (SSSR count). The number of carbonyl (C=O) groups excluding carboxylic acids is 1. The summed E-state index contributed by atoms with van der Waals surface area (Å²) in [4.78, 5) is 26.4. The molecule has 9 nitrogen and oxygen atoms in total. The topological polar surface area (TPSA) is 115 Å². The van der Waals surface area contributed by atoms with Crippen molar-refractivity contribution in [1.29, 1.82) is 0 Å². The monoisotopic (exact) mass is 304 g/mol. The molecule has 0 unspecified atom stereocenters. The summed E-state index contributed by atoms with van der Waals surface area (Å²) in [7, 11) is 0. The van der Waals surface area contributed by atoms with Gasteiger partial charge in [-0.2, -0.15) is 5.10 Å². The average molecular weight is 304 g/mol. The van der Waals surface area contributed by atoms with E-state index in [0.29, 0.717) is 13.1 Å². The van der Waals surface area contributed by atoms with Gasteiger partial charge in [0.1, 0.15) is 18.3 Å². The van der Waals surface area contributed by atoms with Crippen LogP contribution in [0.1, 0.15) is 17.3 Å². The van der Waals surface area contributed by atoms with Gasteiger partial charge in [0, 0.05) is 24.7 Å². The molecule has 2 aromatic rings. The van der Waals surface area contributed by atoms with Crippen LogP contribution in [0.25, 0.3) is 5.69 Å². The van der Waals surface area contributed by atoms with E-state index >= 15 is 0 Å². The number of likely N-dealkylation sites (N-methyl/N-ethyl adjacent to an activating group) is 1. The number of aromatic nitrogens is 3. The van der Waals surface area contributed by atoms with Gasteiger partial charge in [-0.05, 0) is 18.7 Å². The Morgan fingerprint density at radius 1 is 1.41 bits per heavy atom. The SMILES string of the molecule is CCNCCNC(=O)c1ccc(-n2cncn2)c([N+](=O)[O-])c1. The molecule has 0 atom stereocenters. The summed E-state index contributed by atoms with van der Waals surface area (Å²) < 4.78 is 1.28. The summed E-state index contributed by atoms with van der Waals surface area (Å²) in [6, 6.07) is 4.23. The normalized spacial score (nSPS) is 10.4. The highest BCUT2D eigenvalue weighted by atomic mass is 16.6. The van der Waals surface area contributed by atoms with E-state index in [1.54, 1.807) is 0 Å². The van der Waals surface area contributed by atoms with Crippen molar-refractivity contribution < 1.29 is 9.72 Å². The third-order valence-corrected chi connectivity index (χ3v) is 2.94. The molecule has 116 valence electrons. The minimum absolute atomic E-state index is 0.204. The number of hydrogen-bond acceptors (Lipinski definition) is 6. The van der Waals surface area contributed by atoms with E-state index in [-0.39, 0.29) is 22.8 Å². The van der Waals surface area contributed by atoms with E-state index in [2.05, 4.69) is 20.7 Å². The van der Waals surface area contributed by atoms with Crippen LogP contribution in [0.3, 0.4) is 0 Å². The Hall–Kier alpha value is -2.81. The molecule has 1 amide bonds. The zero-order chi connectivity index (χ0) is 15.9. The first-order valence-corrected chi connectivity index (χ1v) is 6.76. The van der Waals surface area contributed by atoms with Crippen molar-refractivity contribution in [3.05, 3.63) is 46.5 Å². The predicted octanol–water partition coefficient (Wildman–Crippen LogP) is 0.515. The lowest BCUT2D eigenvalue weighted by Gasteiger charge is -2.07. The van der Waals surface area contributed by atoms with E-state index in [1.807, 2.05) is 6.92 Å². The Balaban J connectivity index is 2.19. The second-order valence-corrected chi connectivity index (χ2v) is 4.41. The summed E-state index contributed by atoms with van der Waals surface area (Å²) in [5.41, 5.74) is 0.281. The van der Waals surface area contributed by atoms with Gasteiger partial charge in [-0.25, -0.2) is 9.67 Å². The van der Waals surface area contributed by atoms with Crippen LogP contribution in [0.2, 0.25) is 0 Å². The van der Waals surface area contributed by atoms with Gasteiger partial charge >= 0.3 is 0 Å². The van der Waals surface area contributed by atoms with Gasteiger partial charge in [-0.3, -0.25) is 14.9 Å². The molecule has 0 fully saturated rings. The maximum atomic E-state index is 12.0. The number of nitro benzene ring substituents is 1. The minimum atomic E-state index is -0.549. The molecule has 0 aliphatic rings. The van der Waals surface area contributed by atoms with Crippen molar-refractivity contribution in [3.63, 3.8) is 0 Å². The van der Waals surface area contributed by atoms with E-state index in [9.17, 15) is 14.9 Å². The van der Waals surface area contributed by atoms with Gasteiger partial charge in [0.2, 0.25) is 0 Å². The highest BCUT2D eigenvalue weighted by Gasteiger charge is 2.19. The van der Waals surface area contributed by atoms with Crippen LogP contribution < -0.4 is 10.6 Å². The lowest BCUT2D eigenvalue weighted by molar-refractivity contribution is -0.384. The highest BCUT2D eigenvalue weighted by Crippen LogP contribution is 2.23. The number of carbonyl (C=O) groups is 1. The van der Waals surface area contributed by atoms with Crippen LogP contribution in [0.5, 0.6) is 0 Å². The molecule has 9 heteroatoms. The Labute approximate surface area is 126 Å². The molecule has 0 saturated heterocycles. The van der Waals surface area contributed by atoms with Crippen molar-refractivity contribution in [2.24, 2.45) is 0 Å². The lowest BCUT2D eigenvalue weighted by atomic mass is 10.1. The van der Waals surface area contributed by atoms with Gasteiger partial charge in [-0.15, -0.1) is 0 Å². The fourth-order valence-corrected chi connectivity index (χ4v) is 1.88. The maximum absolute atomic E-state index is 12.0. The average Bonchev–Trinajstić information content (AvgIpc) is 3.05. The van der Waals surface area contributed by atoms with Crippen molar-refractivity contribution in [2.75, 3.05) is 19.6 Å². The fourth-order valence-electron chi connectivity index (χ4n) is 1.88. The number of rotatable bonds is 7. The quantitative estimate of drug-likeness (QED) is 0.437. The van der Waals surface area contributed by atoms with Crippen molar-refractivity contribution in [3.8, 4) is 5.69 Å². The maximum Gasteiger partial charge on any atom is 0.295 e. The van der Waals surface area contributed by atoms with E-state index in [4.69, 9.17) is 0 Å². The van der Waals surface area contributed by atoms with Crippen molar-refractivity contribution in [1.82, 2.24) is 25.4 Å². The second kappa shape index (κ2) is 7.27. The minimum Gasteiger partial charge on any atom is -0.351 e. The van der Waals surface area contributed by atoms with Crippen LogP contribution in [-0.2, 0) is 0 Å². The number of nitro groups is 1. The third-order valence-electron chi connectivity index (χ3n) is 2.94. The Morgan fingerprint density at radius 3 is 2.86 bits per heavy atom. The first-order valence-electron chi connectivity index (χ1n) is 6.76. The molecule has 0 spiro atoms. The molecular formula is C13H16N6O3. The van der Waals surface area contributed by atoms with Gasteiger partial charge < -0.3 is 10.6 Å². The first-order chi connectivity index (χ1) is 10.6. The van der Waals surface area contributed by atoms with Gasteiger partial charge in [0.15, 0.2) is 0 Å². The largest absolute Gasteiger partial charge is 0.351 e. The van der Waals surface area contributed by atoms with Gasteiger partial charge in [-0.1, -0.05) is 6.92 Å². The molecule has 0 aliphatic heterocycles. The Kier molecular flexibility index (Phi) is 5.15. The van der Waals surface area contributed by atoms with Gasteiger partial charge in [0.25, 0.3) is 11.6 Å². The van der Waals surface area contributed by atoms with Crippen LogP contribution in [-0.4, -0.2) is 45.2 Å². The zero-order valence-corrected chi connectivity index (χ0v) is 12.0. The molecule has 0 aliphatic carbocycles. The third kappa shape index (κ3) is 3.64. The van der Waals surface area contributed by atoms with Crippen molar-refractivity contribution >= 4 is 11.6 Å². The first kappa shape index (κ1) is 15.6. The summed E-state index contributed by atoms with van der Waals surface area (Å²) in [5.74, 6) is -0.355. The summed E-state index contributed by atoms with van der Waals surface area (Å²) in [6.07, 6.45) is 2.64. The summed E-state index contributed by atoms with van der Waals surface area (Å²) in [6.45, 7) is 3.87. The molecule has 1 aromatic carbocycles. The fraction of sp³-hybridized carbons (Fsp3) is 0.308. The van der Waals surface area contributed by atoms with E-state index in [0.717, 1.165) is 6.54 Å². The summed E-state index contributed by atoms with van der Waals surface area (Å²) >= 11 is 0. The predicted molar refractivity (Wildman–Crippen MR) is 78.9 cm³/mol. The summed E-state index contributed by atoms with van der Waals surface area (Å²) in [5, 5.41) is 20.8. The number of nitrogens with one attached hydrogen (secondary N) is 2. The Morgan fingerprint density at radius 2 is 2.23 bits per heavy atom. The highest BCUT2D eigenvalue weighted by molar-refractivity contribution is 5.95. The molecule has 0 saturated carbocycles. The standard InChI is InChI=1S/C13H16N6O3/c1-2-14-5-6-16-13(20)10-3-4-11(12(7-10)19(21)22)18-9-15-8-17-18/h3-4,7-9,14H,2,5-6H2,1H3,(H,16,20). The van der Waals surface area contributed by atoms with E-state index in [1.165, 1.54) is 35.5 Å². The van der Waals surface area contributed by atoms with Crippen molar-refractivity contribution in [2.45, 2.75) is 6.92 Å². The Bertz CT molecular complexity index is 656. The van der Waals surface area contributed by atoms with Crippen LogP contribution >= 0.6 is 0 Å². The molecule has 0 radical (unpaired) electrons. The van der Waals surface area contributed by atoms with E-state index < -0.39 is 4.92 Å². The number of hydrogen-bond donors (Lipinski definition) is 2. The smallest absolute Gasteiger partial charge is 0.295 e. The molecule has 1 heterocycles. The molecule has 0 bridgehead atoms. The zero-order valence-electron chi connectivity index (χ0n) is 12.0. The molecular weight excluding hydrogens is 288 g/mol. The lowest BCUT2D eigenvalue weighted by Crippen LogP contribution is -2.31.